The fourth-order valence-corrected chi connectivity index (χ4v) is 3.25. The minimum atomic E-state index is -0.142. The highest BCUT2D eigenvalue weighted by Crippen LogP contribution is 2.29. The van der Waals surface area contributed by atoms with Crippen LogP contribution in [0.4, 0.5) is 0 Å². The van der Waals surface area contributed by atoms with E-state index in [0.29, 0.717) is 12.6 Å². The second kappa shape index (κ2) is 9.14. The van der Waals surface area contributed by atoms with Crippen LogP contribution >= 0.6 is 11.6 Å². The van der Waals surface area contributed by atoms with E-state index in [9.17, 15) is 4.79 Å². The number of carbonyl (C=O) groups is 1. The third-order valence-electron chi connectivity index (χ3n) is 4.24. The number of fused-ring (bicyclic) bond motifs is 1. The molecule has 2 rings (SSSR count). The maximum absolute atomic E-state index is 11.4. The van der Waals surface area contributed by atoms with Crippen molar-refractivity contribution in [3.8, 4) is 5.75 Å². The summed E-state index contributed by atoms with van der Waals surface area (Å²) in [6.07, 6.45) is 3.27. The van der Waals surface area contributed by atoms with Crippen LogP contribution in [-0.2, 0) is 17.8 Å². The van der Waals surface area contributed by atoms with Crippen LogP contribution in [0.5, 0.6) is 5.75 Å². The second-order valence-corrected chi connectivity index (χ2v) is 6.28. The van der Waals surface area contributed by atoms with Crippen LogP contribution in [0.2, 0.25) is 0 Å². The molecule has 23 heavy (non-hydrogen) atoms. The van der Waals surface area contributed by atoms with E-state index in [0.717, 1.165) is 50.3 Å². The zero-order valence-corrected chi connectivity index (χ0v) is 14.9. The number of rotatable bonds is 8. The largest absolute Gasteiger partial charge is 0.492 e. The van der Waals surface area contributed by atoms with Crippen LogP contribution in [0, 0.1) is 0 Å². The summed E-state index contributed by atoms with van der Waals surface area (Å²) in [5, 5.41) is 2.85. The molecule has 0 fully saturated rings. The molecule has 0 aromatic heterocycles. The molecule has 0 saturated heterocycles. The van der Waals surface area contributed by atoms with Gasteiger partial charge in [-0.15, -0.1) is 11.6 Å². The summed E-state index contributed by atoms with van der Waals surface area (Å²) in [4.78, 5) is 13.9. The van der Waals surface area contributed by atoms with Crippen molar-refractivity contribution in [2.45, 2.75) is 45.7 Å². The first-order chi connectivity index (χ1) is 11.2. The Hall–Kier alpha value is -1.26. The van der Waals surface area contributed by atoms with Gasteiger partial charge in [-0.3, -0.25) is 9.69 Å². The predicted molar refractivity (Wildman–Crippen MR) is 94.2 cm³/mol. The second-order valence-electron chi connectivity index (χ2n) is 6.01. The first-order valence-electron chi connectivity index (χ1n) is 8.49. The van der Waals surface area contributed by atoms with Gasteiger partial charge in [0, 0.05) is 18.2 Å². The molecule has 0 spiro atoms. The van der Waals surface area contributed by atoms with Crippen molar-refractivity contribution in [2.75, 3.05) is 25.6 Å². The number of nitrogens with one attached hydrogen (secondary N) is 1. The van der Waals surface area contributed by atoms with Crippen molar-refractivity contribution in [1.29, 1.82) is 0 Å². The fourth-order valence-electron chi connectivity index (χ4n) is 3.15. The molecule has 1 aromatic carbocycles. The molecule has 128 valence electrons. The maximum Gasteiger partial charge on any atom is 0.235 e. The average molecular weight is 339 g/mol. The van der Waals surface area contributed by atoms with Gasteiger partial charge in [0.05, 0.1) is 0 Å². The Morgan fingerprint density at radius 2 is 2.09 bits per heavy atom. The number of hydrogen-bond donors (Lipinski definition) is 1. The first-order valence-corrected chi connectivity index (χ1v) is 9.03. The standard InChI is InChI=1S/C18H27ClN2O2/c1-3-8-21(9-4-2)15-10-16-14(12-20-18(22)11-19)6-5-7-17(16)23-13-15/h5-7,15H,3-4,8-13H2,1-2H3,(H,20,22). The highest BCUT2D eigenvalue weighted by molar-refractivity contribution is 6.27. The van der Waals surface area contributed by atoms with Gasteiger partial charge in [-0.2, -0.15) is 0 Å². The number of hydrogen-bond acceptors (Lipinski definition) is 3. The van der Waals surface area contributed by atoms with Gasteiger partial charge in [-0.05, 0) is 44.0 Å². The Kier molecular flexibility index (Phi) is 7.18. The van der Waals surface area contributed by atoms with E-state index in [1.807, 2.05) is 12.1 Å². The molecule has 0 radical (unpaired) electrons. The van der Waals surface area contributed by atoms with Crippen molar-refractivity contribution >= 4 is 17.5 Å². The lowest BCUT2D eigenvalue weighted by Gasteiger charge is -2.35. The van der Waals surface area contributed by atoms with E-state index in [2.05, 4.69) is 30.1 Å². The van der Waals surface area contributed by atoms with Crippen molar-refractivity contribution < 1.29 is 9.53 Å². The SMILES string of the molecule is CCCN(CCC)C1COc2cccc(CNC(=O)CCl)c2C1. The summed E-state index contributed by atoms with van der Waals surface area (Å²) in [6.45, 7) is 7.88. The number of amides is 1. The first kappa shape index (κ1) is 18.1. The Morgan fingerprint density at radius 3 is 2.74 bits per heavy atom. The molecule has 1 N–H and O–H groups in total. The van der Waals surface area contributed by atoms with Crippen LogP contribution < -0.4 is 10.1 Å². The maximum atomic E-state index is 11.4. The summed E-state index contributed by atoms with van der Waals surface area (Å²) < 4.78 is 6.00. The molecular formula is C18H27ClN2O2. The average Bonchev–Trinajstić information content (AvgIpc) is 2.59. The van der Waals surface area contributed by atoms with Crippen molar-refractivity contribution in [3.63, 3.8) is 0 Å². The number of alkyl halides is 1. The Bertz CT molecular complexity index is 516. The fraction of sp³-hybridized carbons (Fsp3) is 0.611. The molecule has 1 aliphatic rings. The van der Waals surface area contributed by atoms with E-state index in [4.69, 9.17) is 16.3 Å². The third-order valence-corrected chi connectivity index (χ3v) is 4.48. The number of carbonyl (C=O) groups excluding carboxylic acids is 1. The zero-order valence-electron chi connectivity index (χ0n) is 14.1. The van der Waals surface area contributed by atoms with Gasteiger partial charge in [0.15, 0.2) is 0 Å². The van der Waals surface area contributed by atoms with Crippen LogP contribution in [0.25, 0.3) is 0 Å². The molecule has 1 heterocycles. The molecule has 0 bridgehead atoms. The Labute approximate surface area is 144 Å². The quantitative estimate of drug-likeness (QED) is 0.741. The van der Waals surface area contributed by atoms with Gasteiger partial charge in [0.2, 0.25) is 5.91 Å². The summed E-state index contributed by atoms with van der Waals surface area (Å²) >= 11 is 5.55. The molecule has 1 atom stereocenters. The van der Waals surface area contributed by atoms with E-state index in [-0.39, 0.29) is 11.8 Å². The van der Waals surface area contributed by atoms with E-state index in [1.54, 1.807) is 0 Å². The van der Waals surface area contributed by atoms with Crippen molar-refractivity contribution in [2.24, 2.45) is 0 Å². The lowest BCUT2D eigenvalue weighted by atomic mass is 9.96. The topological polar surface area (TPSA) is 41.6 Å². The Balaban J connectivity index is 2.12. The molecule has 5 heteroatoms. The number of benzene rings is 1. The molecule has 1 aliphatic heterocycles. The van der Waals surface area contributed by atoms with Gasteiger partial charge in [0.25, 0.3) is 0 Å². The minimum Gasteiger partial charge on any atom is -0.492 e. The van der Waals surface area contributed by atoms with Crippen LogP contribution in [0.15, 0.2) is 18.2 Å². The van der Waals surface area contributed by atoms with E-state index in [1.165, 1.54) is 5.56 Å². The summed E-state index contributed by atoms with van der Waals surface area (Å²) in [5.41, 5.74) is 2.34. The normalized spacial score (nSPS) is 16.8. The highest BCUT2D eigenvalue weighted by atomic mass is 35.5. The van der Waals surface area contributed by atoms with Gasteiger partial charge in [-0.1, -0.05) is 26.0 Å². The van der Waals surface area contributed by atoms with Crippen molar-refractivity contribution in [1.82, 2.24) is 10.2 Å². The van der Waals surface area contributed by atoms with Gasteiger partial charge >= 0.3 is 0 Å². The van der Waals surface area contributed by atoms with Crippen LogP contribution in [0.3, 0.4) is 0 Å². The smallest absolute Gasteiger partial charge is 0.235 e. The molecule has 1 aromatic rings. The molecule has 0 saturated carbocycles. The molecule has 0 aliphatic carbocycles. The van der Waals surface area contributed by atoms with Crippen LogP contribution in [0.1, 0.15) is 37.8 Å². The molecule has 1 unspecified atom stereocenters. The van der Waals surface area contributed by atoms with Crippen LogP contribution in [-0.4, -0.2) is 42.4 Å². The third kappa shape index (κ3) is 4.85. The van der Waals surface area contributed by atoms with E-state index >= 15 is 0 Å². The summed E-state index contributed by atoms with van der Waals surface area (Å²) in [6, 6.07) is 6.47. The lowest BCUT2D eigenvalue weighted by Crippen LogP contribution is -2.44. The highest BCUT2D eigenvalue weighted by Gasteiger charge is 2.26. The number of ether oxygens (including phenoxy) is 1. The molecule has 4 nitrogen and oxygen atoms in total. The van der Waals surface area contributed by atoms with Gasteiger partial charge in [-0.25, -0.2) is 0 Å². The lowest BCUT2D eigenvalue weighted by molar-refractivity contribution is -0.118. The van der Waals surface area contributed by atoms with E-state index < -0.39 is 0 Å². The number of halogens is 1. The molecular weight excluding hydrogens is 312 g/mol. The zero-order chi connectivity index (χ0) is 16.7. The van der Waals surface area contributed by atoms with Gasteiger partial charge < -0.3 is 10.1 Å². The predicted octanol–water partition coefficient (Wildman–Crippen LogP) is 2.97. The number of nitrogens with zero attached hydrogens (tertiary/aromatic N) is 1. The molecule has 1 amide bonds. The Morgan fingerprint density at radius 1 is 1.35 bits per heavy atom. The van der Waals surface area contributed by atoms with Gasteiger partial charge in [0.1, 0.15) is 18.2 Å². The monoisotopic (exact) mass is 338 g/mol. The summed E-state index contributed by atoms with van der Waals surface area (Å²) in [5.74, 6) is 0.803. The summed E-state index contributed by atoms with van der Waals surface area (Å²) in [7, 11) is 0. The van der Waals surface area contributed by atoms with Crippen molar-refractivity contribution in [3.05, 3.63) is 29.3 Å². The minimum absolute atomic E-state index is 0.00503.